The molecule has 23 heavy (non-hydrogen) atoms. The van der Waals surface area contributed by atoms with Crippen molar-refractivity contribution in [2.24, 2.45) is 5.92 Å². The van der Waals surface area contributed by atoms with E-state index >= 15 is 0 Å². The molecule has 2 N–H and O–H groups in total. The minimum absolute atomic E-state index is 0.0465. The van der Waals surface area contributed by atoms with Crippen LogP contribution in [0.25, 0.3) is 0 Å². The van der Waals surface area contributed by atoms with Crippen LogP contribution in [0.1, 0.15) is 30.6 Å². The predicted molar refractivity (Wildman–Crippen MR) is 91.1 cm³/mol. The number of carbonyl (C=O) groups excluding carboxylic acids is 2. The first-order valence-corrected chi connectivity index (χ1v) is 8.49. The van der Waals surface area contributed by atoms with Crippen molar-refractivity contribution in [2.75, 3.05) is 6.61 Å². The lowest BCUT2D eigenvalue weighted by atomic mass is 10.0. The number of ether oxygens (including phenoxy) is 1. The Kier molecular flexibility index (Phi) is 7.70. The Morgan fingerprint density at radius 3 is 2.26 bits per heavy atom. The van der Waals surface area contributed by atoms with Gasteiger partial charge in [0.2, 0.25) is 0 Å². The van der Waals surface area contributed by atoms with E-state index in [0.29, 0.717) is 14.5 Å². The molecule has 0 bridgehead atoms. The summed E-state index contributed by atoms with van der Waals surface area (Å²) in [4.78, 5) is 35.1. The molecule has 8 heteroatoms. The fourth-order valence-corrected chi connectivity index (χ4v) is 3.18. The van der Waals surface area contributed by atoms with Gasteiger partial charge < -0.3 is 15.2 Å². The van der Waals surface area contributed by atoms with Crippen LogP contribution in [0, 0.1) is 5.92 Å². The molecule has 0 radical (unpaired) electrons. The Bertz CT molecular complexity index is 585. The lowest BCUT2D eigenvalue weighted by Crippen LogP contribution is -2.42. The van der Waals surface area contributed by atoms with Crippen LogP contribution in [0.3, 0.4) is 0 Å². The smallest absolute Gasteiger partial charge is 0.326 e. The Morgan fingerprint density at radius 1 is 1.22 bits per heavy atom. The van der Waals surface area contributed by atoms with Gasteiger partial charge in [-0.3, -0.25) is 9.59 Å². The maximum Gasteiger partial charge on any atom is 0.326 e. The highest BCUT2D eigenvalue weighted by Gasteiger charge is 2.27. The molecular formula is C15H17Br2NO5. The number of carboxylic acid groups (broad SMARTS) is 1. The van der Waals surface area contributed by atoms with Gasteiger partial charge in [-0.15, -0.1) is 0 Å². The number of hydrogen-bond acceptors (Lipinski definition) is 4. The summed E-state index contributed by atoms with van der Waals surface area (Å²) in [6.07, 6.45) is -0.0465. The van der Waals surface area contributed by atoms with E-state index in [4.69, 9.17) is 4.74 Å². The Morgan fingerprint density at radius 2 is 1.78 bits per heavy atom. The van der Waals surface area contributed by atoms with E-state index in [1.54, 1.807) is 32.0 Å². The van der Waals surface area contributed by atoms with E-state index in [1.165, 1.54) is 0 Å². The maximum atomic E-state index is 12.2. The Hall–Kier alpha value is -1.41. The van der Waals surface area contributed by atoms with Gasteiger partial charge in [-0.1, -0.05) is 38.8 Å². The lowest BCUT2D eigenvalue weighted by molar-refractivity contribution is -0.148. The second-order valence-corrected chi connectivity index (χ2v) is 6.74. The van der Waals surface area contributed by atoms with Crippen molar-refractivity contribution in [1.82, 2.24) is 5.32 Å². The van der Waals surface area contributed by atoms with Crippen molar-refractivity contribution in [1.29, 1.82) is 0 Å². The monoisotopic (exact) mass is 449 g/mol. The van der Waals surface area contributed by atoms with E-state index in [0.717, 1.165) is 0 Å². The fourth-order valence-electron chi connectivity index (χ4n) is 1.88. The molecule has 0 fully saturated rings. The average Bonchev–Trinajstić information content (AvgIpc) is 2.45. The molecule has 0 saturated carbocycles. The van der Waals surface area contributed by atoms with Crippen molar-refractivity contribution in [2.45, 2.75) is 26.3 Å². The molecule has 0 aliphatic rings. The Labute approximate surface area is 150 Å². The van der Waals surface area contributed by atoms with Crippen LogP contribution in [0.15, 0.2) is 27.1 Å². The highest BCUT2D eigenvalue weighted by molar-refractivity contribution is 9.11. The summed E-state index contributed by atoms with van der Waals surface area (Å²) >= 11 is 6.53. The number of halogens is 2. The number of carboxylic acids is 1. The zero-order valence-corrected chi connectivity index (χ0v) is 15.8. The zero-order valence-electron chi connectivity index (χ0n) is 12.6. The summed E-state index contributed by atoms with van der Waals surface area (Å²) in [7, 11) is 0. The highest BCUT2D eigenvalue weighted by atomic mass is 79.9. The van der Waals surface area contributed by atoms with Crippen molar-refractivity contribution >= 4 is 49.7 Å². The molecule has 1 aromatic carbocycles. The van der Waals surface area contributed by atoms with E-state index in [-0.39, 0.29) is 13.0 Å². The Balaban J connectivity index is 2.81. The standard InChI is InChI=1S/C15H17Br2NO5/c1-3-23-15(22)8(2)4-12(14(20)21)18-13(19)9-5-10(16)7-11(17)6-9/h5-8,12H,3-4H2,1-2H3,(H,18,19)(H,20,21)/t8-,12-/m1/s1. The molecular weight excluding hydrogens is 434 g/mol. The van der Waals surface area contributed by atoms with Gasteiger partial charge in [0.15, 0.2) is 0 Å². The van der Waals surface area contributed by atoms with E-state index in [9.17, 15) is 19.5 Å². The van der Waals surface area contributed by atoms with E-state index < -0.39 is 29.8 Å². The van der Waals surface area contributed by atoms with Crippen LogP contribution in [0.4, 0.5) is 0 Å². The SMILES string of the molecule is CCOC(=O)[C@H](C)C[C@@H](NC(=O)c1cc(Br)cc(Br)c1)C(=O)O. The highest BCUT2D eigenvalue weighted by Crippen LogP contribution is 2.20. The second kappa shape index (κ2) is 9.02. The van der Waals surface area contributed by atoms with Crippen LogP contribution in [0.2, 0.25) is 0 Å². The van der Waals surface area contributed by atoms with Crippen LogP contribution in [-0.2, 0) is 14.3 Å². The zero-order chi connectivity index (χ0) is 17.6. The number of aliphatic carboxylic acids is 1. The molecule has 6 nitrogen and oxygen atoms in total. The summed E-state index contributed by atoms with van der Waals surface area (Å²) in [6, 6.07) is 3.73. The molecule has 0 heterocycles. The number of benzene rings is 1. The first-order chi connectivity index (χ1) is 10.7. The third-order valence-corrected chi connectivity index (χ3v) is 3.92. The van der Waals surface area contributed by atoms with Gasteiger partial charge in [-0.05, 0) is 31.5 Å². The maximum absolute atomic E-state index is 12.2. The second-order valence-electron chi connectivity index (χ2n) is 4.91. The quantitative estimate of drug-likeness (QED) is 0.623. The summed E-state index contributed by atoms with van der Waals surface area (Å²) < 4.78 is 6.22. The van der Waals surface area contributed by atoms with Gasteiger partial charge in [0, 0.05) is 14.5 Å². The molecule has 0 aliphatic heterocycles. The topological polar surface area (TPSA) is 92.7 Å². The van der Waals surface area contributed by atoms with Gasteiger partial charge in [-0.25, -0.2) is 4.79 Å². The van der Waals surface area contributed by atoms with Crippen molar-refractivity contribution < 1.29 is 24.2 Å². The largest absolute Gasteiger partial charge is 0.480 e. The van der Waals surface area contributed by atoms with Crippen LogP contribution in [0.5, 0.6) is 0 Å². The molecule has 1 rings (SSSR count). The average molecular weight is 451 g/mol. The number of amides is 1. The fraction of sp³-hybridized carbons (Fsp3) is 0.400. The van der Waals surface area contributed by atoms with Crippen molar-refractivity contribution in [3.05, 3.63) is 32.7 Å². The van der Waals surface area contributed by atoms with Gasteiger partial charge in [-0.2, -0.15) is 0 Å². The van der Waals surface area contributed by atoms with Crippen LogP contribution >= 0.6 is 31.9 Å². The third kappa shape index (κ3) is 6.31. The molecule has 0 unspecified atom stereocenters. The van der Waals surface area contributed by atoms with Gasteiger partial charge in [0.1, 0.15) is 6.04 Å². The number of esters is 1. The van der Waals surface area contributed by atoms with E-state index in [1.807, 2.05) is 0 Å². The molecule has 2 atom stereocenters. The number of carbonyl (C=O) groups is 3. The molecule has 0 saturated heterocycles. The molecule has 0 aromatic heterocycles. The number of hydrogen-bond donors (Lipinski definition) is 2. The molecule has 126 valence electrons. The molecule has 0 spiro atoms. The number of nitrogens with one attached hydrogen (secondary N) is 1. The van der Waals surface area contributed by atoms with Gasteiger partial charge in [0.25, 0.3) is 5.91 Å². The predicted octanol–water partition coefficient (Wildman–Crippen LogP) is 2.98. The molecule has 0 aliphatic carbocycles. The van der Waals surface area contributed by atoms with E-state index in [2.05, 4.69) is 37.2 Å². The van der Waals surface area contributed by atoms with Crippen molar-refractivity contribution in [3.63, 3.8) is 0 Å². The first-order valence-electron chi connectivity index (χ1n) is 6.91. The first kappa shape index (κ1) is 19.6. The third-order valence-electron chi connectivity index (χ3n) is 3.01. The summed E-state index contributed by atoms with van der Waals surface area (Å²) in [6.45, 7) is 3.46. The van der Waals surface area contributed by atoms with Crippen molar-refractivity contribution in [3.8, 4) is 0 Å². The number of rotatable bonds is 7. The van der Waals surface area contributed by atoms with Gasteiger partial charge in [0.05, 0.1) is 12.5 Å². The summed E-state index contributed by atoms with van der Waals surface area (Å²) in [5.41, 5.74) is 0.307. The van der Waals surface area contributed by atoms with Gasteiger partial charge >= 0.3 is 11.9 Å². The molecule has 1 aromatic rings. The summed E-state index contributed by atoms with van der Waals surface area (Å²) in [5.74, 6) is -2.86. The normalized spacial score (nSPS) is 13.0. The molecule has 1 amide bonds. The lowest BCUT2D eigenvalue weighted by Gasteiger charge is -2.18. The summed E-state index contributed by atoms with van der Waals surface area (Å²) in [5, 5.41) is 11.7. The minimum Gasteiger partial charge on any atom is -0.480 e. The van der Waals surface area contributed by atoms with Crippen LogP contribution < -0.4 is 5.32 Å². The minimum atomic E-state index is -1.21. The van der Waals surface area contributed by atoms with Crippen LogP contribution in [-0.4, -0.2) is 35.6 Å².